The van der Waals surface area contributed by atoms with Gasteiger partial charge in [-0.3, -0.25) is 4.90 Å². The van der Waals surface area contributed by atoms with Gasteiger partial charge in [0.05, 0.1) is 24.9 Å². The van der Waals surface area contributed by atoms with Gasteiger partial charge in [0.1, 0.15) is 17.3 Å². The summed E-state index contributed by atoms with van der Waals surface area (Å²) in [4.78, 5) is 2.26. The van der Waals surface area contributed by atoms with Crippen molar-refractivity contribution in [2.24, 2.45) is 11.8 Å². The van der Waals surface area contributed by atoms with Gasteiger partial charge in [0.25, 0.3) is 0 Å². The predicted octanol–water partition coefficient (Wildman–Crippen LogP) is 2.80. The van der Waals surface area contributed by atoms with E-state index in [0.717, 1.165) is 37.7 Å². The summed E-state index contributed by atoms with van der Waals surface area (Å²) in [6.45, 7) is 2.74. The van der Waals surface area contributed by atoms with Crippen LogP contribution in [0.3, 0.4) is 0 Å². The Morgan fingerprint density at radius 1 is 1.14 bits per heavy atom. The highest BCUT2D eigenvalue weighted by Gasteiger charge is 2.43. The summed E-state index contributed by atoms with van der Waals surface area (Å²) in [6.07, 6.45) is 3.89. The first kappa shape index (κ1) is 19.4. The predicted molar refractivity (Wildman–Crippen MR) is 98.4 cm³/mol. The van der Waals surface area contributed by atoms with Gasteiger partial charge in [0, 0.05) is 45.5 Å². The van der Waals surface area contributed by atoms with Crippen molar-refractivity contribution in [2.75, 3.05) is 27.3 Å². The molecule has 2 fully saturated rings. The van der Waals surface area contributed by atoms with E-state index >= 15 is 0 Å². The second-order valence-corrected chi connectivity index (χ2v) is 7.89. The summed E-state index contributed by atoms with van der Waals surface area (Å²) in [5.41, 5.74) is 1.35. The Labute approximate surface area is 163 Å². The number of rotatable bonds is 6. The van der Waals surface area contributed by atoms with Crippen LogP contribution in [0.5, 0.6) is 0 Å². The fourth-order valence-electron chi connectivity index (χ4n) is 4.73. The Bertz CT molecular complexity index is 815. The van der Waals surface area contributed by atoms with Crippen LogP contribution < -0.4 is 0 Å². The first-order chi connectivity index (χ1) is 13.6. The van der Waals surface area contributed by atoms with E-state index in [-0.39, 0.29) is 12.1 Å². The van der Waals surface area contributed by atoms with Crippen LogP contribution in [0.15, 0.2) is 24.4 Å². The van der Waals surface area contributed by atoms with Gasteiger partial charge in [-0.15, -0.1) is 5.10 Å². The molecule has 4 atom stereocenters. The molecule has 152 valence electrons. The van der Waals surface area contributed by atoms with E-state index in [1.807, 2.05) is 10.9 Å². The highest BCUT2D eigenvalue weighted by atomic mass is 19.1. The van der Waals surface area contributed by atoms with Crippen LogP contribution in [0.1, 0.15) is 30.1 Å². The zero-order valence-electron chi connectivity index (χ0n) is 16.2. The Kier molecular flexibility index (Phi) is 5.70. The maximum atomic E-state index is 14.0. The van der Waals surface area contributed by atoms with Gasteiger partial charge in [-0.1, -0.05) is 11.3 Å². The lowest BCUT2D eigenvalue weighted by molar-refractivity contribution is -0.00548. The molecule has 2 aliphatic rings. The molecular weight excluding hydrogens is 366 g/mol. The monoisotopic (exact) mass is 392 g/mol. The molecule has 28 heavy (non-hydrogen) atoms. The first-order valence-electron chi connectivity index (χ1n) is 9.66. The van der Waals surface area contributed by atoms with Gasteiger partial charge in [0.2, 0.25) is 0 Å². The zero-order chi connectivity index (χ0) is 19.7. The molecule has 6 nitrogen and oxygen atoms in total. The summed E-state index contributed by atoms with van der Waals surface area (Å²) >= 11 is 0. The molecule has 0 N–H and O–H groups in total. The lowest BCUT2D eigenvalue weighted by Crippen LogP contribution is -2.37. The number of hydrogen-bond acceptors (Lipinski definition) is 5. The van der Waals surface area contributed by atoms with Crippen LogP contribution >= 0.6 is 0 Å². The Morgan fingerprint density at radius 2 is 1.93 bits per heavy atom. The smallest absolute Gasteiger partial charge is 0.130 e. The number of methoxy groups -OCH3 is 2. The molecule has 2 aromatic rings. The molecule has 1 saturated carbocycles. The number of benzene rings is 1. The third-order valence-corrected chi connectivity index (χ3v) is 6.06. The standard InChI is InChI=1S/C20H26F2N4O2/c1-27-12-17-11-26(24-23-17)19-5-14-9-25(10-15(14)6-20(19)28-2)8-13-3-4-16(21)7-18(13)22/h3-4,7,11,14-15,19-20H,5-6,8-10,12H2,1-2H3/t14-,15+,19-,20-/m1/s1. The van der Waals surface area contributed by atoms with Crippen molar-refractivity contribution in [2.45, 2.75) is 38.1 Å². The van der Waals surface area contributed by atoms with E-state index in [2.05, 4.69) is 15.2 Å². The highest BCUT2D eigenvalue weighted by Crippen LogP contribution is 2.42. The number of halogens is 2. The van der Waals surface area contributed by atoms with E-state index in [4.69, 9.17) is 9.47 Å². The van der Waals surface area contributed by atoms with Crippen LogP contribution in [0.4, 0.5) is 8.78 Å². The third kappa shape index (κ3) is 3.94. The van der Waals surface area contributed by atoms with Crippen molar-refractivity contribution in [3.8, 4) is 0 Å². The Morgan fingerprint density at radius 3 is 2.64 bits per heavy atom. The molecule has 8 heteroatoms. The van der Waals surface area contributed by atoms with Gasteiger partial charge in [-0.25, -0.2) is 13.5 Å². The molecule has 2 heterocycles. The fraction of sp³-hybridized carbons (Fsp3) is 0.600. The molecule has 1 saturated heterocycles. The summed E-state index contributed by atoms with van der Waals surface area (Å²) in [5, 5.41) is 8.46. The zero-order valence-corrected chi connectivity index (χ0v) is 16.2. The largest absolute Gasteiger partial charge is 0.379 e. The molecule has 1 aromatic carbocycles. The van der Waals surface area contributed by atoms with E-state index in [0.29, 0.717) is 30.6 Å². The number of hydrogen-bond donors (Lipinski definition) is 0. The third-order valence-electron chi connectivity index (χ3n) is 6.06. The minimum Gasteiger partial charge on any atom is -0.379 e. The molecule has 0 unspecified atom stereocenters. The number of ether oxygens (including phenoxy) is 2. The van der Waals surface area contributed by atoms with Gasteiger partial charge in [-0.2, -0.15) is 0 Å². The molecule has 4 rings (SSSR count). The van der Waals surface area contributed by atoms with Crippen molar-refractivity contribution in [3.05, 3.63) is 47.3 Å². The number of fused-ring (bicyclic) bond motifs is 1. The van der Waals surface area contributed by atoms with Crippen LogP contribution in [-0.4, -0.2) is 53.3 Å². The molecular formula is C20H26F2N4O2. The van der Waals surface area contributed by atoms with Gasteiger partial charge in [0.15, 0.2) is 0 Å². The average Bonchev–Trinajstić information content (AvgIpc) is 3.29. The van der Waals surface area contributed by atoms with E-state index in [9.17, 15) is 8.78 Å². The highest BCUT2D eigenvalue weighted by molar-refractivity contribution is 5.18. The minimum absolute atomic E-state index is 0.0702. The van der Waals surface area contributed by atoms with E-state index < -0.39 is 11.6 Å². The van der Waals surface area contributed by atoms with Gasteiger partial charge < -0.3 is 9.47 Å². The average molecular weight is 392 g/mol. The molecule has 1 aromatic heterocycles. The number of nitrogens with zero attached hydrogens (tertiary/aromatic N) is 4. The second kappa shape index (κ2) is 8.23. The van der Waals surface area contributed by atoms with Crippen LogP contribution in [0.25, 0.3) is 0 Å². The van der Waals surface area contributed by atoms with Crippen LogP contribution in [0.2, 0.25) is 0 Å². The lowest BCUT2D eigenvalue weighted by Gasteiger charge is -2.37. The molecule has 1 aliphatic carbocycles. The van der Waals surface area contributed by atoms with Crippen LogP contribution in [0, 0.1) is 23.5 Å². The van der Waals surface area contributed by atoms with Crippen molar-refractivity contribution in [1.82, 2.24) is 19.9 Å². The summed E-state index contributed by atoms with van der Waals surface area (Å²) in [5.74, 6) is -0.0136. The quantitative estimate of drug-likeness (QED) is 0.757. The molecule has 0 amide bonds. The molecule has 0 bridgehead atoms. The molecule has 0 spiro atoms. The normalized spacial score (nSPS) is 27.9. The topological polar surface area (TPSA) is 52.4 Å². The minimum atomic E-state index is -0.539. The van der Waals surface area contributed by atoms with E-state index in [1.165, 1.54) is 6.07 Å². The SMILES string of the molecule is COCc1cn([C@@H]2C[C@@H]3CN(Cc4ccc(F)cc4F)C[C@@H]3C[C@H]2OC)nn1. The second-order valence-electron chi connectivity index (χ2n) is 7.89. The molecule has 1 aliphatic heterocycles. The molecule has 0 radical (unpaired) electrons. The summed E-state index contributed by atoms with van der Waals surface area (Å²) < 4.78 is 40.0. The van der Waals surface area contributed by atoms with Crippen molar-refractivity contribution in [1.29, 1.82) is 0 Å². The van der Waals surface area contributed by atoms with Crippen molar-refractivity contribution in [3.63, 3.8) is 0 Å². The Balaban J connectivity index is 1.44. The maximum Gasteiger partial charge on any atom is 0.130 e. The summed E-state index contributed by atoms with van der Waals surface area (Å²) in [6, 6.07) is 3.95. The van der Waals surface area contributed by atoms with Gasteiger partial charge >= 0.3 is 0 Å². The van der Waals surface area contributed by atoms with Crippen molar-refractivity contribution >= 4 is 0 Å². The Hall–Kier alpha value is -1.90. The van der Waals surface area contributed by atoms with Crippen LogP contribution in [-0.2, 0) is 22.6 Å². The van der Waals surface area contributed by atoms with Gasteiger partial charge in [-0.05, 0) is 30.7 Å². The fourth-order valence-corrected chi connectivity index (χ4v) is 4.73. The summed E-state index contributed by atoms with van der Waals surface area (Å²) in [7, 11) is 3.38. The lowest BCUT2D eigenvalue weighted by atomic mass is 9.77. The van der Waals surface area contributed by atoms with E-state index in [1.54, 1.807) is 20.3 Å². The maximum absolute atomic E-state index is 14.0. The number of aromatic nitrogens is 3. The first-order valence-corrected chi connectivity index (χ1v) is 9.66. The van der Waals surface area contributed by atoms with Crippen molar-refractivity contribution < 1.29 is 18.3 Å². The number of likely N-dealkylation sites (tertiary alicyclic amines) is 1.